The summed E-state index contributed by atoms with van der Waals surface area (Å²) in [6.45, 7) is 10.4. The van der Waals surface area contributed by atoms with Crippen LogP contribution >= 0.6 is 0 Å². The van der Waals surface area contributed by atoms with E-state index in [4.69, 9.17) is 4.42 Å². The summed E-state index contributed by atoms with van der Waals surface area (Å²) in [4.78, 5) is 14.0. The third-order valence-corrected chi connectivity index (χ3v) is 2.74. The molecule has 0 aliphatic heterocycles. The SMILES string of the molecule is Cc1ccc(CN(C)C(C)C(=O)NC(C)(C)C)o1. The molecule has 0 fully saturated rings. The zero-order valence-electron chi connectivity index (χ0n) is 12.2. The molecule has 1 aromatic rings. The Labute approximate surface area is 109 Å². The van der Waals surface area contributed by atoms with Crippen LogP contribution in [0.3, 0.4) is 0 Å². The first-order chi connectivity index (χ1) is 8.19. The number of hydrogen-bond acceptors (Lipinski definition) is 3. The Kier molecular flexibility index (Phi) is 4.57. The van der Waals surface area contributed by atoms with Gasteiger partial charge in [0.15, 0.2) is 0 Å². The lowest BCUT2D eigenvalue weighted by Crippen LogP contribution is -2.49. The second-order valence-corrected chi connectivity index (χ2v) is 5.84. The van der Waals surface area contributed by atoms with Gasteiger partial charge in [-0.3, -0.25) is 9.69 Å². The normalized spacial score (nSPS) is 13.7. The van der Waals surface area contributed by atoms with Crippen LogP contribution in [0.15, 0.2) is 16.5 Å². The van der Waals surface area contributed by atoms with Crippen molar-refractivity contribution in [3.63, 3.8) is 0 Å². The fourth-order valence-electron chi connectivity index (χ4n) is 1.63. The topological polar surface area (TPSA) is 45.5 Å². The minimum atomic E-state index is -0.201. The molecule has 0 radical (unpaired) electrons. The summed E-state index contributed by atoms with van der Waals surface area (Å²) in [5.74, 6) is 1.81. The van der Waals surface area contributed by atoms with Crippen LogP contribution in [0.2, 0.25) is 0 Å². The number of carbonyl (C=O) groups is 1. The van der Waals surface area contributed by atoms with Gasteiger partial charge in [0.2, 0.25) is 5.91 Å². The molecule has 0 bridgehead atoms. The highest BCUT2D eigenvalue weighted by molar-refractivity contribution is 5.81. The first kappa shape index (κ1) is 14.8. The first-order valence-corrected chi connectivity index (χ1v) is 6.26. The van der Waals surface area contributed by atoms with E-state index >= 15 is 0 Å². The highest BCUT2D eigenvalue weighted by Gasteiger charge is 2.22. The lowest BCUT2D eigenvalue weighted by molar-refractivity contribution is -0.127. The minimum absolute atomic E-state index is 0.0354. The molecule has 1 atom stereocenters. The van der Waals surface area contributed by atoms with Gasteiger partial charge >= 0.3 is 0 Å². The largest absolute Gasteiger partial charge is 0.465 e. The van der Waals surface area contributed by atoms with Crippen molar-refractivity contribution in [3.8, 4) is 0 Å². The molecule has 1 rings (SSSR count). The monoisotopic (exact) mass is 252 g/mol. The number of likely N-dealkylation sites (N-methyl/N-ethyl adjacent to an activating group) is 1. The molecule has 0 aromatic carbocycles. The fourth-order valence-corrected chi connectivity index (χ4v) is 1.63. The van der Waals surface area contributed by atoms with E-state index in [-0.39, 0.29) is 17.5 Å². The van der Waals surface area contributed by atoms with Gasteiger partial charge in [-0.2, -0.15) is 0 Å². The van der Waals surface area contributed by atoms with Crippen LogP contribution in [0.1, 0.15) is 39.2 Å². The van der Waals surface area contributed by atoms with Gasteiger partial charge in [-0.25, -0.2) is 0 Å². The summed E-state index contributed by atoms with van der Waals surface area (Å²) in [5.41, 5.74) is -0.201. The molecule has 102 valence electrons. The first-order valence-electron chi connectivity index (χ1n) is 6.26. The molecule has 0 saturated heterocycles. The van der Waals surface area contributed by atoms with E-state index in [0.717, 1.165) is 11.5 Å². The molecule has 1 N–H and O–H groups in total. The predicted molar refractivity (Wildman–Crippen MR) is 72.3 cm³/mol. The van der Waals surface area contributed by atoms with Crippen molar-refractivity contribution in [1.29, 1.82) is 0 Å². The highest BCUT2D eigenvalue weighted by Crippen LogP contribution is 2.11. The third-order valence-electron chi connectivity index (χ3n) is 2.74. The van der Waals surface area contributed by atoms with Crippen LogP contribution in [-0.2, 0) is 11.3 Å². The summed E-state index contributed by atoms with van der Waals surface area (Å²) in [7, 11) is 1.92. The standard InChI is InChI=1S/C14H24N2O2/c1-10-7-8-12(18-10)9-16(6)11(2)13(17)15-14(3,4)5/h7-8,11H,9H2,1-6H3,(H,15,17). The second kappa shape index (κ2) is 5.57. The lowest BCUT2D eigenvalue weighted by atomic mass is 10.1. The van der Waals surface area contributed by atoms with Crippen molar-refractivity contribution in [2.75, 3.05) is 7.05 Å². The van der Waals surface area contributed by atoms with Crippen molar-refractivity contribution in [1.82, 2.24) is 10.2 Å². The van der Waals surface area contributed by atoms with Crippen molar-refractivity contribution in [3.05, 3.63) is 23.7 Å². The molecule has 1 unspecified atom stereocenters. The summed E-state index contributed by atoms with van der Waals surface area (Å²) < 4.78 is 5.51. The molecular formula is C14H24N2O2. The minimum Gasteiger partial charge on any atom is -0.465 e. The van der Waals surface area contributed by atoms with E-state index in [1.807, 2.05) is 58.7 Å². The molecule has 0 saturated carbocycles. The van der Waals surface area contributed by atoms with Crippen LogP contribution in [-0.4, -0.2) is 29.4 Å². The van der Waals surface area contributed by atoms with Crippen molar-refractivity contribution < 1.29 is 9.21 Å². The number of furan rings is 1. The van der Waals surface area contributed by atoms with E-state index in [1.165, 1.54) is 0 Å². The van der Waals surface area contributed by atoms with Gasteiger partial charge in [0.1, 0.15) is 11.5 Å². The smallest absolute Gasteiger partial charge is 0.237 e. The number of nitrogens with zero attached hydrogens (tertiary/aromatic N) is 1. The van der Waals surface area contributed by atoms with Crippen LogP contribution in [0.25, 0.3) is 0 Å². The zero-order chi connectivity index (χ0) is 13.9. The highest BCUT2D eigenvalue weighted by atomic mass is 16.3. The summed E-state index contributed by atoms with van der Waals surface area (Å²) >= 11 is 0. The van der Waals surface area contributed by atoms with Crippen molar-refractivity contribution >= 4 is 5.91 Å². The summed E-state index contributed by atoms with van der Waals surface area (Å²) in [6, 6.07) is 3.69. The van der Waals surface area contributed by atoms with E-state index < -0.39 is 0 Å². The van der Waals surface area contributed by atoms with Gasteiger partial charge in [0.25, 0.3) is 0 Å². The van der Waals surface area contributed by atoms with Gasteiger partial charge in [-0.1, -0.05) is 0 Å². The van der Waals surface area contributed by atoms with E-state index in [1.54, 1.807) is 0 Å². The van der Waals surface area contributed by atoms with E-state index in [0.29, 0.717) is 6.54 Å². The Morgan fingerprint density at radius 2 is 2.06 bits per heavy atom. The number of amides is 1. The molecule has 0 aliphatic rings. The number of rotatable bonds is 4. The Morgan fingerprint density at radius 1 is 1.44 bits per heavy atom. The maximum absolute atomic E-state index is 12.0. The Balaban J connectivity index is 2.55. The predicted octanol–water partition coefficient (Wildman–Crippen LogP) is 2.32. The van der Waals surface area contributed by atoms with Crippen LogP contribution in [0.4, 0.5) is 0 Å². The fraction of sp³-hybridized carbons (Fsp3) is 0.643. The van der Waals surface area contributed by atoms with Gasteiger partial charge in [0.05, 0.1) is 12.6 Å². The molecule has 1 heterocycles. The molecule has 4 heteroatoms. The molecular weight excluding hydrogens is 228 g/mol. The van der Waals surface area contributed by atoms with Crippen molar-refractivity contribution in [2.24, 2.45) is 0 Å². The molecule has 1 amide bonds. The number of carbonyl (C=O) groups excluding carboxylic acids is 1. The molecule has 0 spiro atoms. The Hall–Kier alpha value is -1.29. The Morgan fingerprint density at radius 3 is 2.50 bits per heavy atom. The quantitative estimate of drug-likeness (QED) is 0.894. The van der Waals surface area contributed by atoms with Crippen LogP contribution in [0.5, 0.6) is 0 Å². The zero-order valence-corrected chi connectivity index (χ0v) is 12.2. The van der Waals surface area contributed by atoms with Gasteiger partial charge in [-0.15, -0.1) is 0 Å². The van der Waals surface area contributed by atoms with Crippen LogP contribution in [0, 0.1) is 6.92 Å². The van der Waals surface area contributed by atoms with E-state index in [2.05, 4.69) is 5.32 Å². The molecule has 4 nitrogen and oxygen atoms in total. The summed E-state index contributed by atoms with van der Waals surface area (Å²) in [5, 5.41) is 2.98. The van der Waals surface area contributed by atoms with Gasteiger partial charge < -0.3 is 9.73 Å². The lowest BCUT2D eigenvalue weighted by Gasteiger charge is -2.27. The molecule has 0 aliphatic carbocycles. The molecule has 1 aromatic heterocycles. The third kappa shape index (κ3) is 4.53. The van der Waals surface area contributed by atoms with Gasteiger partial charge in [0, 0.05) is 5.54 Å². The number of nitrogens with one attached hydrogen (secondary N) is 1. The van der Waals surface area contributed by atoms with Gasteiger partial charge in [-0.05, 0) is 53.8 Å². The van der Waals surface area contributed by atoms with Crippen molar-refractivity contribution in [2.45, 2.75) is 52.7 Å². The number of hydrogen-bond donors (Lipinski definition) is 1. The Bertz CT molecular complexity index is 404. The van der Waals surface area contributed by atoms with Crippen LogP contribution < -0.4 is 5.32 Å². The number of aryl methyl sites for hydroxylation is 1. The average Bonchev–Trinajstić information content (AvgIpc) is 2.60. The molecule has 18 heavy (non-hydrogen) atoms. The van der Waals surface area contributed by atoms with E-state index in [9.17, 15) is 4.79 Å². The second-order valence-electron chi connectivity index (χ2n) is 5.84. The maximum Gasteiger partial charge on any atom is 0.237 e. The average molecular weight is 252 g/mol. The maximum atomic E-state index is 12.0. The summed E-state index contributed by atoms with van der Waals surface area (Å²) in [6.07, 6.45) is 0.